The molecule has 0 atom stereocenters. The molecule has 0 unspecified atom stereocenters. The van der Waals surface area contributed by atoms with Gasteiger partial charge in [-0.15, -0.1) is 11.3 Å². The van der Waals surface area contributed by atoms with Crippen molar-refractivity contribution in [2.24, 2.45) is 0 Å². The molecule has 1 aromatic rings. The predicted molar refractivity (Wildman–Crippen MR) is 95.1 cm³/mol. The third kappa shape index (κ3) is 3.95. The van der Waals surface area contributed by atoms with Crippen molar-refractivity contribution < 1.29 is 19.5 Å². The molecule has 7 nitrogen and oxygen atoms in total. The fourth-order valence-electron chi connectivity index (χ4n) is 3.56. The number of hydrogen-bond acceptors (Lipinski definition) is 4. The molecule has 8 heteroatoms. The largest absolute Gasteiger partial charge is 0.478 e. The van der Waals surface area contributed by atoms with E-state index in [0.717, 1.165) is 36.1 Å². The number of aromatic carboxylic acids is 1. The van der Waals surface area contributed by atoms with E-state index in [1.165, 1.54) is 24.7 Å². The quantitative estimate of drug-likeness (QED) is 0.767. The molecule has 0 saturated heterocycles. The van der Waals surface area contributed by atoms with Crippen LogP contribution in [0.25, 0.3) is 0 Å². The Morgan fingerprint density at radius 3 is 2.56 bits per heavy atom. The molecular formula is C17H23N3O4S. The van der Waals surface area contributed by atoms with Crippen molar-refractivity contribution in [3.05, 3.63) is 16.0 Å². The van der Waals surface area contributed by atoms with Gasteiger partial charge < -0.3 is 15.3 Å². The standard InChI is InChI=1S/C17H23N3O4S/c1-10(21)20-8-7-12-13(9-20)25-15(14(12)16(22)23)19-17(24)18-11-5-3-2-4-6-11/h11H,2-9H2,1H3,(H,22,23)(H2,18,19,24). The van der Waals surface area contributed by atoms with Gasteiger partial charge in [0.15, 0.2) is 0 Å². The second-order valence-corrected chi connectivity index (χ2v) is 7.74. The number of fused-ring (bicyclic) bond motifs is 1. The molecule has 1 fully saturated rings. The number of carbonyl (C=O) groups excluding carboxylic acids is 2. The Kier molecular flexibility index (Phi) is 5.27. The molecule has 1 aliphatic heterocycles. The number of rotatable bonds is 3. The lowest BCUT2D eigenvalue weighted by molar-refractivity contribution is -0.129. The Morgan fingerprint density at radius 2 is 1.92 bits per heavy atom. The molecular weight excluding hydrogens is 342 g/mol. The Morgan fingerprint density at radius 1 is 1.20 bits per heavy atom. The summed E-state index contributed by atoms with van der Waals surface area (Å²) >= 11 is 1.26. The second-order valence-electron chi connectivity index (χ2n) is 6.64. The molecule has 0 spiro atoms. The van der Waals surface area contributed by atoms with Crippen molar-refractivity contribution in [3.8, 4) is 0 Å². The van der Waals surface area contributed by atoms with Gasteiger partial charge >= 0.3 is 12.0 Å². The van der Waals surface area contributed by atoms with E-state index in [1.807, 2.05) is 0 Å². The highest BCUT2D eigenvalue weighted by atomic mass is 32.1. The molecule has 0 aromatic carbocycles. The van der Waals surface area contributed by atoms with Gasteiger partial charge in [-0.3, -0.25) is 10.1 Å². The van der Waals surface area contributed by atoms with Crippen LogP contribution in [0.5, 0.6) is 0 Å². The summed E-state index contributed by atoms with van der Waals surface area (Å²) in [4.78, 5) is 38.1. The van der Waals surface area contributed by atoms with Crippen LogP contribution in [0.15, 0.2) is 0 Å². The lowest BCUT2D eigenvalue weighted by atomic mass is 9.96. The first-order valence-corrected chi connectivity index (χ1v) is 9.48. The minimum absolute atomic E-state index is 0.0273. The fourth-order valence-corrected chi connectivity index (χ4v) is 4.81. The number of nitrogens with one attached hydrogen (secondary N) is 2. The average Bonchev–Trinajstić information content (AvgIpc) is 2.92. The summed E-state index contributed by atoms with van der Waals surface area (Å²) in [7, 11) is 0. The number of hydrogen-bond donors (Lipinski definition) is 3. The van der Waals surface area contributed by atoms with Crippen LogP contribution >= 0.6 is 11.3 Å². The summed E-state index contributed by atoms with van der Waals surface area (Å²) in [6.07, 6.45) is 5.85. The van der Waals surface area contributed by atoms with Gasteiger partial charge in [0.1, 0.15) is 5.00 Å². The van der Waals surface area contributed by atoms with Crippen molar-refractivity contribution in [1.82, 2.24) is 10.2 Å². The Bertz CT molecular complexity index is 694. The van der Waals surface area contributed by atoms with Gasteiger partial charge in [-0.25, -0.2) is 9.59 Å². The maximum Gasteiger partial charge on any atom is 0.339 e. The lowest BCUT2D eigenvalue weighted by Gasteiger charge is -2.25. The molecule has 3 amide bonds. The highest BCUT2D eigenvalue weighted by Crippen LogP contribution is 2.37. The van der Waals surface area contributed by atoms with E-state index in [4.69, 9.17) is 0 Å². The topological polar surface area (TPSA) is 98.7 Å². The van der Waals surface area contributed by atoms with E-state index < -0.39 is 5.97 Å². The highest BCUT2D eigenvalue weighted by Gasteiger charge is 2.29. The van der Waals surface area contributed by atoms with Crippen molar-refractivity contribution >= 4 is 34.2 Å². The van der Waals surface area contributed by atoms with E-state index in [1.54, 1.807) is 4.90 Å². The van der Waals surface area contributed by atoms with Crippen LogP contribution in [0.4, 0.5) is 9.80 Å². The van der Waals surface area contributed by atoms with Crippen LogP contribution in [0.3, 0.4) is 0 Å². The van der Waals surface area contributed by atoms with Gasteiger partial charge in [0.2, 0.25) is 5.91 Å². The number of urea groups is 1. The Balaban J connectivity index is 1.75. The molecule has 3 N–H and O–H groups in total. The molecule has 25 heavy (non-hydrogen) atoms. The minimum Gasteiger partial charge on any atom is -0.478 e. The zero-order valence-corrected chi connectivity index (χ0v) is 15.1. The maximum absolute atomic E-state index is 12.3. The van der Waals surface area contributed by atoms with Crippen molar-refractivity contribution in [2.45, 2.75) is 58.0 Å². The number of amides is 3. The fraction of sp³-hybridized carbons (Fsp3) is 0.588. The number of anilines is 1. The SMILES string of the molecule is CC(=O)N1CCc2c(sc(NC(=O)NC3CCCCC3)c2C(=O)O)C1. The maximum atomic E-state index is 12.3. The Labute approximate surface area is 150 Å². The minimum atomic E-state index is -1.04. The monoisotopic (exact) mass is 365 g/mol. The van der Waals surface area contributed by atoms with Crippen LogP contribution < -0.4 is 10.6 Å². The third-order valence-electron chi connectivity index (χ3n) is 4.88. The van der Waals surface area contributed by atoms with E-state index in [-0.39, 0.29) is 23.5 Å². The number of carboxylic acids is 1. The normalized spacial score (nSPS) is 17.7. The van der Waals surface area contributed by atoms with Gasteiger partial charge in [-0.05, 0) is 24.8 Å². The number of carboxylic acid groups (broad SMARTS) is 1. The zero-order chi connectivity index (χ0) is 18.0. The molecule has 0 radical (unpaired) electrons. The predicted octanol–water partition coefficient (Wildman–Crippen LogP) is 2.81. The number of thiophene rings is 1. The molecule has 0 bridgehead atoms. The van der Waals surface area contributed by atoms with Gasteiger partial charge in [-0.2, -0.15) is 0 Å². The molecule has 3 rings (SSSR count). The van der Waals surface area contributed by atoms with Crippen LogP contribution in [0.1, 0.15) is 59.8 Å². The first-order valence-electron chi connectivity index (χ1n) is 8.66. The van der Waals surface area contributed by atoms with E-state index >= 15 is 0 Å². The first kappa shape index (κ1) is 17.7. The summed E-state index contributed by atoms with van der Waals surface area (Å²) in [5, 5.41) is 15.6. The van der Waals surface area contributed by atoms with Crippen LogP contribution in [-0.4, -0.2) is 40.5 Å². The van der Waals surface area contributed by atoms with Gasteiger partial charge in [0.25, 0.3) is 0 Å². The third-order valence-corrected chi connectivity index (χ3v) is 6.02. The second kappa shape index (κ2) is 7.43. The summed E-state index contributed by atoms with van der Waals surface area (Å²) in [5.74, 6) is -1.07. The van der Waals surface area contributed by atoms with E-state index in [0.29, 0.717) is 24.5 Å². The summed E-state index contributed by atoms with van der Waals surface area (Å²) in [5.41, 5.74) is 0.907. The molecule has 1 saturated carbocycles. The molecule has 2 heterocycles. The van der Waals surface area contributed by atoms with Crippen molar-refractivity contribution in [2.75, 3.05) is 11.9 Å². The molecule has 1 aliphatic carbocycles. The summed E-state index contributed by atoms with van der Waals surface area (Å²) in [6, 6.07) is -0.193. The molecule has 136 valence electrons. The smallest absolute Gasteiger partial charge is 0.339 e. The summed E-state index contributed by atoms with van der Waals surface area (Å²) in [6.45, 7) is 2.42. The van der Waals surface area contributed by atoms with Crippen molar-refractivity contribution in [3.63, 3.8) is 0 Å². The Hall–Kier alpha value is -2.09. The van der Waals surface area contributed by atoms with Crippen LogP contribution in [-0.2, 0) is 17.8 Å². The van der Waals surface area contributed by atoms with Gasteiger partial charge in [-0.1, -0.05) is 19.3 Å². The van der Waals surface area contributed by atoms with E-state index in [9.17, 15) is 19.5 Å². The molecule has 2 aliphatic rings. The highest BCUT2D eigenvalue weighted by molar-refractivity contribution is 7.17. The summed E-state index contributed by atoms with van der Waals surface area (Å²) < 4.78 is 0. The molecule has 1 aromatic heterocycles. The van der Waals surface area contributed by atoms with Gasteiger partial charge in [0, 0.05) is 24.4 Å². The van der Waals surface area contributed by atoms with Crippen LogP contribution in [0.2, 0.25) is 0 Å². The first-order chi connectivity index (χ1) is 12.0. The number of carbonyl (C=O) groups is 3. The van der Waals surface area contributed by atoms with Crippen molar-refractivity contribution in [1.29, 1.82) is 0 Å². The van der Waals surface area contributed by atoms with Crippen LogP contribution in [0, 0.1) is 0 Å². The average molecular weight is 365 g/mol. The lowest BCUT2D eigenvalue weighted by Crippen LogP contribution is -2.39. The van der Waals surface area contributed by atoms with Gasteiger partial charge in [0.05, 0.1) is 12.1 Å². The number of nitrogens with zero attached hydrogens (tertiary/aromatic N) is 1. The van der Waals surface area contributed by atoms with E-state index in [2.05, 4.69) is 10.6 Å². The zero-order valence-electron chi connectivity index (χ0n) is 14.3.